The van der Waals surface area contributed by atoms with Crippen LogP contribution in [0.15, 0.2) is 53.6 Å². The number of anilines is 1. The molecule has 1 heterocycles. The van der Waals surface area contributed by atoms with E-state index in [-0.39, 0.29) is 0 Å². The van der Waals surface area contributed by atoms with Crippen LogP contribution in [0, 0.1) is 6.92 Å². The van der Waals surface area contributed by atoms with E-state index in [2.05, 4.69) is 82.9 Å². The summed E-state index contributed by atoms with van der Waals surface area (Å²) in [6.07, 6.45) is 11.6. The van der Waals surface area contributed by atoms with Crippen LogP contribution < -0.4 is 10.9 Å². The van der Waals surface area contributed by atoms with Gasteiger partial charge in [0.1, 0.15) is 5.82 Å². The van der Waals surface area contributed by atoms with Gasteiger partial charge >= 0.3 is 0 Å². The molecule has 1 aromatic carbocycles. The van der Waals surface area contributed by atoms with Crippen molar-refractivity contribution < 1.29 is 0 Å². The highest BCUT2D eigenvalue weighted by Gasteiger charge is 2.23. The Labute approximate surface area is 226 Å². The minimum Gasteiger partial charge on any atom is -0.300 e. The molecule has 2 N–H and O–H groups in total. The number of hydrogen-bond donors (Lipinski definition) is 1. The van der Waals surface area contributed by atoms with Gasteiger partial charge in [0.25, 0.3) is 0 Å². The van der Waals surface area contributed by atoms with E-state index in [1.807, 2.05) is 6.07 Å². The van der Waals surface area contributed by atoms with Crippen molar-refractivity contribution in [3.63, 3.8) is 0 Å². The summed E-state index contributed by atoms with van der Waals surface area (Å²) in [4.78, 5) is 7.61. The molecule has 0 atom stereocenters. The number of hydrogen-bond acceptors (Lipinski definition) is 4. The molecule has 1 aliphatic carbocycles. The first-order chi connectivity index (χ1) is 17.9. The zero-order chi connectivity index (χ0) is 26.8. The lowest BCUT2D eigenvalue weighted by Crippen LogP contribution is -2.41. The summed E-state index contributed by atoms with van der Waals surface area (Å²) in [5.41, 5.74) is 9.42. The molecule has 4 nitrogen and oxygen atoms in total. The Bertz CT molecular complexity index is 1060. The molecule has 0 spiro atoms. The van der Waals surface area contributed by atoms with Crippen LogP contribution in [-0.4, -0.2) is 35.6 Å². The lowest BCUT2D eigenvalue weighted by Gasteiger charge is -2.37. The van der Waals surface area contributed by atoms with Crippen LogP contribution in [0.5, 0.6) is 0 Å². The summed E-state index contributed by atoms with van der Waals surface area (Å²) in [5.74, 6) is 7.08. The van der Waals surface area contributed by atoms with Crippen LogP contribution in [0.2, 0.25) is 0 Å². The number of nitrogens with two attached hydrogens (primary N) is 1. The highest BCUT2D eigenvalue weighted by molar-refractivity contribution is 5.78. The molecule has 202 valence electrons. The Morgan fingerprint density at radius 2 is 1.86 bits per heavy atom. The van der Waals surface area contributed by atoms with Gasteiger partial charge in [-0.05, 0) is 112 Å². The van der Waals surface area contributed by atoms with E-state index in [0.717, 1.165) is 56.2 Å². The molecule has 0 bridgehead atoms. The molecule has 0 saturated heterocycles. The highest BCUT2D eigenvalue weighted by Crippen LogP contribution is 2.31. The molecule has 1 aliphatic rings. The number of rotatable bonds is 14. The molecule has 1 fully saturated rings. The van der Waals surface area contributed by atoms with Crippen LogP contribution in [0.25, 0.3) is 5.57 Å². The van der Waals surface area contributed by atoms with Gasteiger partial charge in [-0.25, -0.2) is 10.8 Å². The van der Waals surface area contributed by atoms with Gasteiger partial charge in [0, 0.05) is 19.1 Å². The predicted octanol–water partition coefficient (Wildman–Crippen LogP) is 7.66. The largest absolute Gasteiger partial charge is 0.300 e. The first-order valence-corrected chi connectivity index (χ1v) is 14.6. The zero-order valence-electron chi connectivity index (χ0n) is 24.3. The molecular formula is C33H50N4. The number of benzene rings is 1. The smallest absolute Gasteiger partial charge is 0.143 e. The maximum absolute atomic E-state index is 6.25. The molecule has 0 amide bonds. The van der Waals surface area contributed by atoms with Crippen molar-refractivity contribution in [3.05, 3.63) is 76.0 Å². The number of aryl methyl sites for hydroxylation is 2. The molecule has 0 radical (unpaired) electrons. The van der Waals surface area contributed by atoms with E-state index < -0.39 is 0 Å². The Hall–Kier alpha value is -2.43. The van der Waals surface area contributed by atoms with Crippen molar-refractivity contribution in [1.82, 2.24) is 9.88 Å². The van der Waals surface area contributed by atoms with Crippen LogP contribution in [0.3, 0.4) is 0 Å². The van der Waals surface area contributed by atoms with Gasteiger partial charge in [-0.1, -0.05) is 63.1 Å². The van der Waals surface area contributed by atoms with Gasteiger partial charge < -0.3 is 4.90 Å². The monoisotopic (exact) mass is 502 g/mol. The van der Waals surface area contributed by atoms with Gasteiger partial charge in [0.15, 0.2) is 0 Å². The zero-order valence-corrected chi connectivity index (χ0v) is 24.3. The van der Waals surface area contributed by atoms with Crippen LogP contribution in [0.4, 0.5) is 5.82 Å². The molecule has 0 aliphatic heterocycles. The number of likely N-dealkylation sites (N-methyl/N-ethyl adjacent to an activating group) is 1. The molecule has 37 heavy (non-hydrogen) atoms. The van der Waals surface area contributed by atoms with E-state index in [1.54, 1.807) is 5.01 Å². The van der Waals surface area contributed by atoms with E-state index in [1.165, 1.54) is 65.8 Å². The normalized spacial score (nSPS) is 15.1. The number of hydrazine groups is 1. The molecule has 0 unspecified atom stereocenters. The lowest BCUT2D eigenvalue weighted by molar-refractivity contribution is 0.135. The average Bonchev–Trinajstić information content (AvgIpc) is 2.88. The quantitative estimate of drug-likeness (QED) is 0.164. The molecule has 1 aromatic heterocycles. The van der Waals surface area contributed by atoms with E-state index in [4.69, 9.17) is 10.8 Å². The molecule has 1 saturated carbocycles. The number of nitrogens with zero attached hydrogens (tertiary/aromatic N) is 3. The fourth-order valence-corrected chi connectivity index (χ4v) is 5.43. The van der Waals surface area contributed by atoms with Crippen LogP contribution in [-0.2, 0) is 12.8 Å². The highest BCUT2D eigenvalue weighted by atomic mass is 15.4. The summed E-state index contributed by atoms with van der Waals surface area (Å²) < 4.78 is 0. The van der Waals surface area contributed by atoms with Crippen molar-refractivity contribution in [2.45, 2.75) is 99.0 Å². The minimum atomic E-state index is 0.796. The fraction of sp³-hybridized carbons (Fsp3) is 0.545. The standard InChI is InChI=1S/C33H50N4/c1-7-22-37(34)33-16-12-15-32(35-33)30(9-3)31(25(5)8-2)20-19-28-18-17-27(24-26(28)6)21-23-36(10-4)29-13-11-14-29/h9,12,15-18,24,29H,7-8,10-11,13-14,19-23,34H2,1-6H3/b30-9+,31-25-. The Morgan fingerprint density at radius 1 is 1.08 bits per heavy atom. The maximum atomic E-state index is 6.25. The molecule has 3 rings (SSSR count). The second-order valence-corrected chi connectivity index (χ2v) is 10.6. The molecule has 2 aromatic rings. The Balaban J connectivity index is 1.72. The van der Waals surface area contributed by atoms with Crippen molar-refractivity contribution in [3.8, 4) is 0 Å². The number of allylic oxidation sites excluding steroid dienone is 4. The van der Waals surface area contributed by atoms with Gasteiger partial charge in [-0.3, -0.25) is 5.01 Å². The van der Waals surface area contributed by atoms with Crippen molar-refractivity contribution >= 4 is 11.4 Å². The second kappa shape index (κ2) is 14.5. The van der Waals surface area contributed by atoms with Crippen LogP contribution in [0.1, 0.15) is 95.5 Å². The van der Waals surface area contributed by atoms with Gasteiger partial charge in [-0.15, -0.1) is 0 Å². The Morgan fingerprint density at radius 3 is 2.46 bits per heavy atom. The van der Waals surface area contributed by atoms with E-state index in [0.29, 0.717) is 0 Å². The fourth-order valence-electron chi connectivity index (χ4n) is 5.43. The van der Waals surface area contributed by atoms with Crippen molar-refractivity contribution in [2.75, 3.05) is 24.6 Å². The lowest BCUT2D eigenvalue weighted by atomic mass is 9.89. The summed E-state index contributed by atoms with van der Waals surface area (Å²) in [6, 6.07) is 14.2. The first kappa shape index (κ1) is 29.1. The van der Waals surface area contributed by atoms with Gasteiger partial charge in [-0.2, -0.15) is 0 Å². The van der Waals surface area contributed by atoms with E-state index >= 15 is 0 Å². The SMILES string of the molecule is C/C=C(\C(CCc1ccc(CCN(CC)C2CCC2)cc1C)=C(\C)CC)c1cccc(N(N)CCC)n1. The van der Waals surface area contributed by atoms with Gasteiger partial charge in [0.2, 0.25) is 0 Å². The number of pyridine rings is 1. The molecular weight excluding hydrogens is 452 g/mol. The minimum absolute atomic E-state index is 0.796. The summed E-state index contributed by atoms with van der Waals surface area (Å²) in [7, 11) is 0. The second-order valence-electron chi connectivity index (χ2n) is 10.6. The molecule has 4 heteroatoms. The third-order valence-corrected chi connectivity index (χ3v) is 8.16. The van der Waals surface area contributed by atoms with E-state index in [9.17, 15) is 0 Å². The average molecular weight is 503 g/mol. The topological polar surface area (TPSA) is 45.4 Å². The van der Waals surface area contributed by atoms with Crippen molar-refractivity contribution in [1.29, 1.82) is 0 Å². The van der Waals surface area contributed by atoms with Gasteiger partial charge in [0.05, 0.1) is 5.69 Å². The summed E-state index contributed by atoms with van der Waals surface area (Å²) >= 11 is 0. The number of aromatic nitrogens is 1. The summed E-state index contributed by atoms with van der Waals surface area (Å²) in [5, 5.41) is 1.75. The Kier molecular flexibility index (Phi) is 11.4. The van der Waals surface area contributed by atoms with Crippen LogP contribution >= 0.6 is 0 Å². The third kappa shape index (κ3) is 7.78. The maximum Gasteiger partial charge on any atom is 0.143 e. The summed E-state index contributed by atoms with van der Waals surface area (Å²) in [6.45, 7) is 16.5. The third-order valence-electron chi connectivity index (χ3n) is 8.16. The first-order valence-electron chi connectivity index (χ1n) is 14.6. The predicted molar refractivity (Wildman–Crippen MR) is 161 cm³/mol. The van der Waals surface area contributed by atoms with Crippen molar-refractivity contribution in [2.24, 2.45) is 5.84 Å².